The molecule has 1 fully saturated rings. The van der Waals surface area contributed by atoms with Gasteiger partial charge in [0.05, 0.1) is 25.9 Å². The first-order valence-corrected chi connectivity index (χ1v) is 9.71. The van der Waals surface area contributed by atoms with Crippen molar-refractivity contribution in [1.82, 2.24) is 4.90 Å². The van der Waals surface area contributed by atoms with E-state index in [9.17, 15) is 26.7 Å². The van der Waals surface area contributed by atoms with Crippen LogP contribution >= 0.6 is 0 Å². The maximum absolute atomic E-state index is 14.4. The third-order valence-electron chi connectivity index (χ3n) is 4.37. The normalized spacial score (nSPS) is 18.6. The van der Waals surface area contributed by atoms with Gasteiger partial charge in [0.25, 0.3) is 0 Å². The molecule has 1 aromatic carbocycles. The summed E-state index contributed by atoms with van der Waals surface area (Å²) in [5, 5.41) is 8.91. The summed E-state index contributed by atoms with van der Waals surface area (Å²) >= 11 is 0. The van der Waals surface area contributed by atoms with Crippen molar-refractivity contribution in [2.24, 2.45) is 0 Å². The van der Waals surface area contributed by atoms with E-state index in [1.54, 1.807) is 20.8 Å². The molecule has 6 nitrogen and oxygen atoms in total. The predicted octanol–water partition coefficient (Wildman–Crippen LogP) is 3.84. The Morgan fingerprint density at radius 3 is 2.55 bits per heavy atom. The Labute approximate surface area is 176 Å². The number of morpholine rings is 1. The van der Waals surface area contributed by atoms with Crippen molar-refractivity contribution in [2.45, 2.75) is 57.6 Å². The highest BCUT2D eigenvalue weighted by Gasteiger charge is 2.37. The summed E-state index contributed by atoms with van der Waals surface area (Å²) in [4.78, 5) is 13.6. The van der Waals surface area contributed by atoms with Crippen LogP contribution in [0.15, 0.2) is 12.1 Å². The van der Waals surface area contributed by atoms with Crippen molar-refractivity contribution >= 4 is 6.09 Å². The van der Waals surface area contributed by atoms with E-state index in [1.165, 1.54) is 4.90 Å². The quantitative estimate of drug-likeness (QED) is 0.661. The molecule has 0 aliphatic carbocycles. The smallest absolute Gasteiger partial charge is 0.414 e. The number of carbonyl (C=O) groups excluding carboxylic acids is 1. The van der Waals surface area contributed by atoms with Crippen LogP contribution in [0.3, 0.4) is 0 Å². The Morgan fingerprint density at radius 1 is 1.26 bits per heavy atom. The summed E-state index contributed by atoms with van der Waals surface area (Å²) in [6.45, 7) is 5.18. The predicted molar refractivity (Wildman–Crippen MR) is 99.8 cm³/mol. The molecular formula is C20H26F5NO5. The van der Waals surface area contributed by atoms with Crippen LogP contribution in [0, 0.1) is 11.6 Å². The number of halogens is 5. The van der Waals surface area contributed by atoms with Gasteiger partial charge in [0.1, 0.15) is 11.4 Å². The number of alkyl halides is 3. The number of hydrogen-bond acceptors (Lipinski definition) is 5. The lowest BCUT2D eigenvalue weighted by molar-refractivity contribution is -0.206. The van der Waals surface area contributed by atoms with Crippen LogP contribution in [0.4, 0.5) is 26.7 Å². The number of amides is 1. The third-order valence-corrected chi connectivity index (χ3v) is 4.37. The van der Waals surface area contributed by atoms with E-state index in [2.05, 4.69) is 0 Å². The van der Waals surface area contributed by atoms with Gasteiger partial charge in [-0.2, -0.15) is 13.2 Å². The van der Waals surface area contributed by atoms with Crippen molar-refractivity contribution in [3.05, 3.63) is 29.3 Å². The van der Waals surface area contributed by atoms with Gasteiger partial charge >= 0.3 is 12.3 Å². The molecule has 1 amide bonds. The number of aliphatic hydroxyl groups excluding tert-OH is 1. The summed E-state index contributed by atoms with van der Waals surface area (Å²) in [5.41, 5.74) is -0.706. The molecule has 0 spiro atoms. The Kier molecular flexibility index (Phi) is 8.09. The molecule has 31 heavy (non-hydrogen) atoms. The summed E-state index contributed by atoms with van der Waals surface area (Å²) in [6.07, 6.45) is -9.40. The van der Waals surface area contributed by atoms with Crippen LogP contribution in [-0.4, -0.2) is 66.4 Å². The van der Waals surface area contributed by atoms with Gasteiger partial charge in [-0.1, -0.05) is 0 Å². The summed E-state index contributed by atoms with van der Waals surface area (Å²) in [7, 11) is 0. The lowest BCUT2D eigenvalue weighted by Gasteiger charge is -2.34. The van der Waals surface area contributed by atoms with Crippen LogP contribution in [0.5, 0.6) is 5.75 Å². The molecular weight excluding hydrogens is 429 g/mol. The number of benzene rings is 1. The number of ether oxygens (including phenoxy) is 3. The second-order valence-electron chi connectivity index (χ2n) is 8.19. The second kappa shape index (κ2) is 9.99. The van der Waals surface area contributed by atoms with Gasteiger partial charge in [-0.3, -0.25) is 0 Å². The van der Waals surface area contributed by atoms with Gasteiger partial charge < -0.3 is 24.2 Å². The number of hydrogen-bond donors (Lipinski definition) is 1. The van der Waals surface area contributed by atoms with E-state index in [4.69, 9.17) is 19.3 Å². The zero-order chi connectivity index (χ0) is 23.4. The zero-order valence-corrected chi connectivity index (χ0v) is 17.5. The highest BCUT2D eigenvalue weighted by Crippen LogP contribution is 2.26. The van der Waals surface area contributed by atoms with Gasteiger partial charge in [0.2, 0.25) is 0 Å². The second-order valence-corrected chi connectivity index (χ2v) is 8.19. The Bertz CT molecular complexity index is 766. The summed E-state index contributed by atoms with van der Waals surface area (Å²) in [5.74, 6) is -2.35. The maximum Gasteiger partial charge on any atom is 0.414 e. The average molecular weight is 455 g/mol. The summed E-state index contributed by atoms with van der Waals surface area (Å²) in [6, 6.07) is 1.61. The SMILES string of the molecule is CC(C)(C)OC(=O)N1CCO[C@H](Cc2cc(F)c(OCC[C@@H](O)C(F)(F)F)cc2F)C1. The largest absolute Gasteiger partial charge is 0.490 e. The van der Waals surface area contributed by atoms with Crippen molar-refractivity contribution in [3.63, 3.8) is 0 Å². The minimum Gasteiger partial charge on any atom is -0.490 e. The molecule has 1 aliphatic heterocycles. The van der Waals surface area contributed by atoms with Crippen LogP contribution in [-0.2, 0) is 15.9 Å². The molecule has 0 bridgehead atoms. The minimum absolute atomic E-state index is 0.0313. The standard InChI is InChI=1S/C20H26F5NO5/c1-19(2,3)31-18(28)26-5-7-29-13(11-26)8-12-9-15(22)16(10-14(12)21)30-6-4-17(27)20(23,24)25/h9-10,13,17,27H,4-8,11H2,1-3H3/t13-,17-/m1/s1. The first-order chi connectivity index (χ1) is 14.3. The Hall–Kier alpha value is -2.14. The molecule has 1 saturated heterocycles. The van der Waals surface area contributed by atoms with Gasteiger partial charge in [-0.15, -0.1) is 0 Å². The van der Waals surface area contributed by atoms with Crippen molar-refractivity contribution < 1.29 is 46.1 Å². The monoisotopic (exact) mass is 455 g/mol. The van der Waals surface area contributed by atoms with Crippen molar-refractivity contribution in [1.29, 1.82) is 0 Å². The molecule has 0 radical (unpaired) electrons. The van der Waals surface area contributed by atoms with Crippen LogP contribution in [0.25, 0.3) is 0 Å². The summed E-state index contributed by atoms with van der Waals surface area (Å²) < 4.78 is 81.1. The van der Waals surface area contributed by atoms with E-state index in [-0.39, 0.29) is 25.1 Å². The maximum atomic E-state index is 14.4. The molecule has 2 rings (SSSR count). The highest BCUT2D eigenvalue weighted by molar-refractivity contribution is 5.68. The molecule has 1 N–H and O–H groups in total. The van der Waals surface area contributed by atoms with E-state index in [0.29, 0.717) is 6.54 Å². The fourth-order valence-electron chi connectivity index (χ4n) is 2.86. The molecule has 0 aromatic heterocycles. The molecule has 1 aromatic rings. The number of carbonyl (C=O) groups is 1. The van der Waals surface area contributed by atoms with Gasteiger partial charge in [-0.25, -0.2) is 13.6 Å². The Balaban J connectivity index is 1.96. The van der Waals surface area contributed by atoms with E-state index in [0.717, 1.165) is 12.1 Å². The topological polar surface area (TPSA) is 68.2 Å². The van der Waals surface area contributed by atoms with Crippen LogP contribution < -0.4 is 4.74 Å². The van der Waals surface area contributed by atoms with Crippen molar-refractivity contribution in [3.8, 4) is 5.75 Å². The van der Waals surface area contributed by atoms with Crippen LogP contribution in [0.2, 0.25) is 0 Å². The van der Waals surface area contributed by atoms with Gasteiger partial charge in [-0.05, 0) is 32.4 Å². The molecule has 1 aliphatic rings. The minimum atomic E-state index is -4.82. The van der Waals surface area contributed by atoms with E-state index in [1.807, 2.05) is 0 Å². The zero-order valence-electron chi connectivity index (χ0n) is 17.5. The Morgan fingerprint density at radius 2 is 1.94 bits per heavy atom. The number of aliphatic hydroxyl groups is 1. The fourth-order valence-corrected chi connectivity index (χ4v) is 2.86. The first-order valence-electron chi connectivity index (χ1n) is 9.71. The van der Waals surface area contributed by atoms with Gasteiger partial charge in [0.15, 0.2) is 17.7 Å². The molecule has 11 heteroatoms. The van der Waals surface area contributed by atoms with E-state index >= 15 is 0 Å². The van der Waals surface area contributed by atoms with Crippen LogP contribution in [0.1, 0.15) is 32.8 Å². The first kappa shape index (κ1) is 25.1. The highest BCUT2D eigenvalue weighted by atomic mass is 19.4. The van der Waals surface area contributed by atoms with E-state index < -0.39 is 60.5 Å². The molecule has 2 atom stereocenters. The number of nitrogens with zero attached hydrogens (tertiary/aromatic N) is 1. The fraction of sp³-hybridized carbons (Fsp3) is 0.650. The average Bonchev–Trinajstić information content (AvgIpc) is 2.63. The third kappa shape index (κ3) is 7.80. The molecule has 1 heterocycles. The van der Waals surface area contributed by atoms with Gasteiger partial charge in [0, 0.05) is 25.5 Å². The molecule has 176 valence electrons. The van der Waals surface area contributed by atoms with Crippen molar-refractivity contribution in [2.75, 3.05) is 26.3 Å². The molecule has 0 saturated carbocycles. The lowest BCUT2D eigenvalue weighted by atomic mass is 10.1. The molecule has 0 unspecified atom stereocenters. The lowest BCUT2D eigenvalue weighted by Crippen LogP contribution is -2.48. The number of rotatable bonds is 6.